The summed E-state index contributed by atoms with van der Waals surface area (Å²) >= 11 is 0. The van der Waals surface area contributed by atoms with Crippen LogP contribution in [0.25, 0.3) is 0 Å². The van der Waals surface area contributed by atoms with E-state index in [-0.39, 0.29) is 0 Å². The minimum atomic E-state index is -0.725. The molecule has 7 nitrogen and oxygen atoms in total. The van der Waals surface area contributed by atoms with Gasteiger partial charge < -0.3 is 20.2 Å². The molecule has 1 amide bonds. The molecule has 1 aromatic rings. The fraction of sp³-hybridized carbons (Fsp3) is 0.471. The number of oxime groups is 1. The zero-order chi connectivity index (χ0) is 17.1. The fourth-order valence-corrected chi connectivity index (χ4v) is 3.00. The van der Waals surface area contributed by atoms with E-state index in [0.29, 0.717) is 30.3 Å². The third-order valence-corrected chi connectivity index (χ3v) is 4.27. The van der Waals surface area contributed by atoms with E-state index in [1.807, 2.05) is 25.1 Å². The van der Waals surface area contributed by atoms with Crippen molar-refractivity contribution >= 4 is 17.5 Å². The highest BCUT2D eigenvalue weighted by Gasteiger charge is 2.29. The van der Waals surface area contributed by atoms with E-state index in [1.54, 1.807) is 0 Å². The Hall–Kier alpha value is -2.57. The maximum atomic E-state index is 11.2. The van der Waals surface area contributed by atoms with Gasteiger partial charge in [0.25, 0.3) is 5.91 Å². The first-order valence-corrected chi connectivity index (χ1v) is 8.23. The molecular weight excluding hydrogens is 308 g/mol. The Kier molecular flexibility index (Phi) is 4.69. The summed E-state index contributed by atoms with van der Waals surface area (Å²) in [6, 6.07) is 5.62. The number of hydrogen-bond donors (Lipinski definition) is 2. The number of nitrogens with one attached hydrogen (secondary N) is 1. The largest absolute Gasteiger partial charge is 0.493 e. The SMILES string of the molecule is CCOc1cc(C(=N)N2CCCC2)ccc1C1=NOC(C(N)=O)C1. The lowest BCUT2D eigenvalue weighted by atomic mass is 10.0. The summed E-state index contributed by atoms with van der Waals surface area (Å²) in [6.07, 6.45) is 1.86. The number of likely N-dealkylation sites (tertiary alicyclic amines) is 1. The Morgan fingerprint density at radius 2 is 2.21 bits per heavy atom. The molecule has 2 heterocycles. The number of ether oxygens (including phenoxy) is 1. The van der Waals surface area contributed by atoms with Crippen molar-refractivity contribution < 1.29 is 14.4 Å². The average Bonchev–Trinajstić information content (AvgIpc) is 3.26. The number of nitrogens with zero attached hydrogens (tertiary/aromatic N) is 2. The van der Waals surface area contributed by atoms with Gasteiger partial charge in [0.15, 0.2) is 0 Å². The minimum absolute atomic E-state index is 0.332. The highest BCUT2D eigenvalue weighted by Crippen LogP contribution is 2.27. The maximum absolute atomic E-state index is 11.2. The van der Waals surface area contributed by atoms with Crippen molar-refractivity contribution in [2.24, 2.45) is 10.9 Å². The number of hydrogen-bond acceptors (Lipinski definition) is 5. The molecule has 0 radical (unpaired) electrons. The number of carbonyl (C=O) groups excluding carboxylic acids is 1. The van der Waals surface area contributed by atoms with Crippen molar-refractivity contribution in [2.75, 3.05) is 19.7 Å². The summed E-state index contributed by atoms with van der Waals surface area (Å²) in [6.45, 7) is 4.25. The van der Waals surface area contributed by atoms with Crippen LogP contribution in [0.4, 0.5) is 0 Å². The van der Waals surface area contributed by atoms with E-state index in [2.05, 4.69) is 10.1 Å². The molecule has 0 aliphatic carbocycles. The van der Waals surface area contributed by atoms with Crippen LogP contribution >= 0.6 is 0 Å². The van der Waals surface area contributed by atoms with Gasteiger partial charge in [-0.15, -0.1) is 0 Å². The van der Waals surface area contributed by atoms with E-state index >= 15 is 0 Å². The second-order valence-corrected chi connectivity index (χ2v) is 5.93. The molecule has 0 bridgehead atoms. The van der Waals surface area contributed by atoms with Gasteiger partial charge in [0.2, 0.25) is 6.10 Å². The molecule has 0 saturated carbocycles. The molecule has 7 heteroatoms. The van der Waals surface area contributed by atoms with E-state index in [0.717, 1.165) is 37.1 Å². The van der Waals surface area contributed by atoms with Crippen molar-refractivity contribution in [2.45, 2.75) is 32.3 Å². The first-order valence-electron chi connectivity index (χ1n) is 8.23. The Morgan fingerprint density at radius 1 is 1.46 bits per heavy atom. The molecule has 2 aliphatic rings. The second-order valence-electron chi connectivity index (χ2n) is 5.93. The summed E-state index contributed by atoms with van der Waals surface area (Å²) in [5, 5.41) is 12.4. The normalized spacial score (nSPS) is 19.8. The average molecular weight is 330 g/mol. The molecule has 1 atom stereocenters. The Bertz CT molecular complexity index is 680. The molecular formula is C17H22N4O3. The van der Waals surface area contributed by atoms with Crippen molar-refractivity contribution in [3.8, 4) is 5.75 Å². The van der Waals surface area contributed by atoms with E-state index in [9.17, 15) is 4.79 Å². The number of benzene rings is 1. The lowest BCUT2D eigenvalue weighted by Gasteiger charge is -2.20. The van der Waals surface area contributed by atoms with Gasteiger partial charge in [-0.2, -0.15) is 0 Å². The summed E-state index contributed by atoms with van der Waals surface area (Å²) in [5.41, 5.74) is 7.50. The molecule has 3 rings (SSSR count). The molecule has 1 aromatic carbocycles. The fourth-order valence-electron chi connectivity index (χ4n) is 3.00. The van der Waals surface area contributed by atoms with Gasteiger partial charge in [0, 0.05) is 30.6 Å². The zero-order valence-electron chi connectivity index (χ0n) is 13.7. The smallest absolute Gasteiger partial charge is 0.261 e. The van der Waals surface area contributed by atoms with Gasteiger partial charge in [0.05, 0.1) is 12.3 Å². The molecule has 1 fully saturated rings. The van der Waals surface area contributed by atoms with E-state index < -0.39 is 12.0 Å². The third-order valence-electron chi connectivity index (χ3n) is 4.27. The predicted octanol–water partition coefficient (Wildman–Crippen LogP) is 1.48. The van der Waals surface area contributed by atoms with Crippen molar-refractivity contribution in [3.05, 3.63) is 29.3 Å². The van der Waals surface area contributed by atoms with Crippen LogP contribution in [0.1, 0.15) is 37.3 Å². The van der Waals surface area contributed by atoms with Gasteiger partial charge in [-0.1, -0.05) is 11.2 Å². The number of rotatable bonds is 5. The van der Waals surface area contributed by atoms with Gasteiger partial charge in [-0.05, 0) is 31.9 Å². The van der Waals surface area contributed by atoms with Gasteiger partial charge >= 0.3 is 0 Å². The highest BCUT2D eigenvalue weighted by atomic mass is 16.6. The van der Waals surface area contributed by atoms with Crippen LogP contribution < -0.4 is 10.5 Å². The molecule has 0 spiro atoms. The number of amides is 1. The molecule has 128 valence electrons. The molecule has 24 heavy (non-hydrogen) atoms. The van der Waals surface area contributed by atoms with Gasteiger partial charge in [-0.25, -0.2) is 0 Å². The first kappa shape index (κ1) is 16.3. The van der Waals surface area contributed by atoms with Gasteiger partial charge in [0.1, 0.15) is 11.6 Å². The maximum Gasteiger partial charge on any atom is 0.261 e. The monoisotopic (exact) mass is 330 g/mol. The Morgan fingerprint density at radius 3 is 2.83 bits per heavy atom. The third kappa shape index (κ3) is 3.20. The zero-order valence-corrected chi connectivity index (χ0v) is 13.7. The van der Waals surface area contributed by atoms with Crippen molar-refractivity contribution in [1.29, 1.82) is 5.41 Å². The van der Waals surface area contributed by atoms with Crippen LogP contribution in [-0.2, 0) is 9.63 Å². The highest BCUT2D eigenvalue weighted by molar-refractivity contribution is 6.07. The van der Waals surface area contributed by atoms with E-state index in [4.69, 9.17) is 20.7 Å². The number of carbonyl (C=O) groups is 1. The summed E-state index contributed by atoms with van der Waals surface area (Å²) in [4.78, 5) is 18.4. The first-order chi connectivity index (χ1) is 11.6. The standard InChI is InChI=1S/C17H22N4O3/c1-2-23-14-9-11(16(18)21-7-3-4-8-21)5-6-12(14)13-10-15(17(19)22)24-20-13/h5-6,9,15,18H,2-4,7-8,10H2,1H3,(H2,19,22). The van der Waals surface area contributed by atoms with Crippen LogP contribution in [0.15, 0.2) is 23.4 Å². The van der Waals surface area contributed by atoms with Crippen molar-refractivity contribution in [1.82, 2.24) is 4.90 Å². The summed E-state index contributed by atoms with van der Waals surface area (Å²) in [7, 11) is 0. The topological polar surface area (TPSA) is 101 Å². The molecule has 0 aromatic heterocycles. The molecule has 1 unspecified atom stereocenters. The van der Waals surface area contributed by atoms with Crippen LogP contribution in [0.3, 0.4) is 0 Å². The lowest BCUT2D eigenvalue weighted by molar-refractivity contribution is -0.127. The number of nitrogens with two attached hydrogens (primary N) is 1. The predicted molar refractivity (Wildman–Crippen MR) is 90.5 cm³/mol. The lowest BCUT2D eigenvalue weighted by Crippen LogP contribution is -2.28. The van der Waals surface area contributed by atoms with Gasteiger partial charge in [-0.3, -0.25) is 10.2 Å². The van der Waals surface area contributed by atoms with Crippen LogP contribution in [0.5, 0.6) is 5.75 Å². The number of amidine groups is 1. The molecule has 1 saturated heterocycles. The summed E-state index contributed by atoms with van der Waals surface area (Å²) in [5.74, 6) is 0.630. The Labute approximate surface area is 140 Å². The van der Waals surface area contributed by atoms with Crippen LogP contribution in [0.2, 0.25) is 0 Å². The van der Waals surface area contributed by atoms with E-state index in [1.165, 1.54) is 0 Å². The van der Waals surface area contributed by atoms with Crippen LogP contribution in [0, 0.1) is 5.41 Å². The minimum Gasteiger partial charge on any atom is -0.493 e. The van der Waals surface area contributed by atoms with Crippen molar-refractivity contribution in [3.63, 3.8) is 0 Å². The molecule has 3 N–H and O–H groups in total. The number of primary amides is 1. The van der Waals surface area contributed by atoms with Crippen LogP contribution in [-0.4, -0.2) is 48.2 Å². The molecule has 2 aliphatic heterocycles. The Balaban J connectivity index is 1.85. The summed E-state index contributed by atoms with van der Waals surface area (Å²) < 4.78 is 5.73. The second kappa shape index (κ2) is 6.90. The quantitative estimate of drug-likeness (QED) is 0.631.